The Bertz CT molecular complexity index is 1080. The third-order valence-electron chi connectivity index (χ3n) is 4.07. The summed E-state index contributed by atoms with van der Waals surface area (Å²) in [6, 6.07) is 0. The number of hydrogen-bond donors (Lipinski definition) is 1. The lowest BCUT2D eigenvalue weighted by Gasteiger charge is -2.13. The molecular formula is C19H18ClN5O. The Morgan fingerprint density at radius 3 is 2.85 bits per heavy atom. The quantitative estimate of drug-likeness (QED) is 0.567. The van der Waals surface area contributed by atoms with Crippen LogP contribution in [0.3, 0.4) is 0 Å². The van der Waals surface area contributed by atoms with Gasteiger partial charge in [-0.3, -0.25) is 4.98 Å². The molecule has 0 fully saturated rings. The van der Waals surface area contributed by atoms with Crippen LogP contribution < -0.4 is 10.5 Å². The highest BCUT2D eigenvalue weighted by Crippen LogP contribution is 2.29. The highest BCUT2D eigenvalue weighted by atomic mass is 35.5. The number of anilines is 1. The van der Waals surface area contributed by atoms with E-state index < -0.39 is 0 Å². The van der Waals surface area contributed by atoms with Crippen molar-refractivity contribution in [1.82, 2.24) is 19.5 Å². The van der Waals surface area contributed by atoms with Gasteiger partial charge in [0.2, 0.25) is 5.95 Å². The number of hydrogen-bond acceptors (Lipinski definition) is 5. The first-order valence-corrected chi connectivity index (χ1v) is 8.27. The Hall–Kier alpha value is -3.04. The number of nitrogen functional groups attached to an aromatic ring is 1. The van der Waals surface area contributed by atoms with Crippen molar-refractivity contribution in [3.8, 4) is 17.6 Å². The molecule has 3 heterocycles. The minimum Gasteiger partial charge on any atom is -0.496 e. The van der Waals surface area contributed by atoms with Gasteiger partial charge in [0.1, 0.15) is 16.5 Å². The molecule has 3 aromatic heterocycles. The number of aromatic nitrogens is 4. The van der Waals surface area contributed by atoms with E-state index in [0.29, 0.717) is 23.1 Å². The zero-order valence-corrected chi connectivity index (χ0v) is 15.6. The molecular weight excluding hydrogens is 350 g/mol. The van der Waals surface area contributed by atoms with E-state index in [9.17, 15) is 0 Å². The second-order valence-electron chi connectivity index (χ2n) is 5.76. The molecule has 0 radical (unpaired) electrons. The second kappa shape index (κ2) is 7.06. The van der Waals surface area contributed by atoms with E-state index in [1.807, 2.05) is 24.6 Å². The van der Waals surface area contributed by atoms with Crippen LogP contribution in [0.1, 0.15) is 22.4 Å². The van der Waals surface area contributed by atoms with Gasteiger partial charge >= 0.3 is 0 Å². The largest absolute Gasteiger partial charge is 0.496 e. The van der Waals surface area contributed by atoms with E-state index in [1.54, 1.807) is 13.3 Å². The number of fused-ring (bicyclic) bond motifs is 1. The maximum absolute atomic E-state index is 6.29. The van der Waals surface area contributed by atoms with Crippen molar-refractivity contribution in [2.75, 3.05) is 12.8 Å². The van der Waals surface area contributed by atoms with Crippen LogP contribution in [-0.4, -0.2) is 26.6 Å². The molecule has 3 rings (SSSR count). The molecule has 26 heavy (non-hydrogen) atoms. The number of pyridine rings is 1. The Kier molecular flexibility index (Phi) is 4.83. The van der Waals surface area contributed by atoms with E-state index >= 15 is 0 Å². The van der Waals surface area contributed by atoms with Gasteiger partial charge in [-0.2, -0.15) is 4.98 Å². The molecule has 0 aliphatic heterocycles. The average Bonchev–Trinajstić information content (AvgIpc) is 2.93. The molecule has 0 bridgehead atoms. The molecule has 0 saturated heterocycles. The van der Waals surface area contributed by atoms with Gasteiger partial charge in [0.05, 0.1) is 30.3 Å². The van der Waals surface area contributed by atoms with Crippen LogP contribution in [-0.2, 0) is 6.54 Å². The van der Waals surface area contributed by atoms with E-state index in [4.69, 9.17) is 22.1 Å². The van der Waals surface area contributed by atoms with Crippen LogP contribution in [0.15, 0.2) is 25.0 Å². The van der Waals surface area contributed by atoms with Crippen molar-refractivity contribution >= 4 is 28.6 Å². The number of nitrogens with zero attached hydrogens (tertiary/aromatic N) is 4. The third kappa shape index (κ3) is 3.09. The number of rotatable bonds is 3. The maximum atomic E-state index is 6.29. The van der Waals surface area contributed by atoms with E-state index in [-0.39, 0.29) is 11.1 Å². The SMILES string of the molecule is C=CC#Cc1cn(Cc2ncc(C)c(OC)c2C)c2nc(N)nc(Cl)c12. The Balaban J connectivity index is 2.19. The maximum Gasteiger partial charge on any atom is 0.223 e. The third-order valence-corrected chi connectivity index (χ3v) is 4.34. The number of methoxy groups -OCH3 is 1. The normalized spacial score (nSPS) is 10.5. The van der Waals surface area contributed by atoms with Gasteiger partial charge in [-0.15, -0.1) is 0 Å². The predicted molar refractivity (Wildman–Crippen MR) is 103 cm³/mol. The Morgan fingerprint density at radius 1 is 1.38 bits per heavy atom. The van der Waals surface area contributed by atoms with Crippen LogP contribution in [0.5, 0.6) is 5.75 Å². The van der Waals surface area contributed by atoms with Crippen LogP contribution in [0.4, 0.5) is 5.95 Å². The van der Waals surface area contributed by atoms with Crippen molar-refractivity contribution < 1.29 is 4.74 Å². The smallest absolute Gasteiger partial charge is 0.223 e. The van der Waals surface area contributed by atoms with E-state index in [2.05, 4.69) is 33.4 Å². The minimum atomic E-state index is 0.108. The second-order valence-corrected chi connectivity index (χ2v) is 6.12. The van der Waals surface area contributed by atoms with Gasteiger partial charge in [0, 0.05) is 23.5 Å². The van der Waals surface area contributed by atoms with Crippen LogP contribution in [0, 0.1) is 25.7 Å². The Morgan fingerprint density at radius 2 is 2.15 bits per heavy atom. The van der Waals surface area contributed by atoms with Crippen molar-refractivity contribution in [3.63, 3.8) is 0 Å². The molecule has 0 aliphatic rings. The van der Waals surface area contributed by atoms with Gasteiger partial charge < -0.3 is 15.0 Å². The topological polar surface area (TPSA) is 78.8 Å². The molecule has 7 heteroatoms. The lowest BCUT2D eigenvalue weighted by atomic mass is 10.1. The fourth-order valence-electron chi connectivity index (χ4n) is 2.89. The van der Waals surface area contributed by atoms with Gasteiger partial charge in [0.25, 0.3) is 0 Å². The lowest BCUT2D eigenvalue weighted by molar-refractivity contribution is 0.406. The van der Waals surface area contributed by atoms with Crippen molar-refractivity contribution in [3.05, 3.63) is 52.6 Å². The summed E-state index contributed by atoms with van der Waals surface area (Å²) in [5.41, 5.74) is 9.92. The summed E-state index contributed by atoms with van der Waals surface area (Å²) in [5.74, 6) is 6.78. The number of nitrogens with two attached hydrogens (primary N) is 1. The molecule has 0 aliphatic carbocycles. The summed E-state index contributed by atoms with van der Waals surface area (Å²) >= 11 is 6.29. The fraction of sp³-hybridized carbons (Fsp3) is 0.211. The summed E-state index contributed by atoms with van der Waals surface area (Å²) < 4.78 is 7.40. The van der Waals surface area contributed by atoms with Gasteiger partial charge in [0.15, 0.2) is 0 Å². The molecule has 0 aromatic carbocycles. The molecule has 0 spiro atoms. The molecule has 2 N–H and O–H groups in total. The predicted octanol–water partition coefficient (Wildman–Crippen LogP) is 3.27. The molecule has 132 valence electrons. The molecule has 0 amide bonds. The molecule has 0 saturated carbocycles. The molecule has 3 aromatic rings. The standard InChI is InChI=1S/C19H18ClN5O/c1-5-6-7-13-9-25(18-15(13)17(20)23-19(21)24-18)10-14-12(3)16(26-4)11(2)8-22-14/h5,8-9H,1,10H2,2-4H3,(H2,21,23,24). The van der Waals surface area contributed by atoms with Crippen LogP contribution in [0.2, 0.25) is 5.15 Å². The van der Waals surface area contributed by atoms with Gasteiger partial charge in [-0.25, -0.2) is 4.98 Å². The summed E-state index contributed by atoms with van der Waals surface area (Å²) in [6.07, 6.45) is 5.18. The highest BCUT2D eigenvalue weighted by molar-refractivity contribution is 6.34. The van der Waals surface area contributed by atoms with Crippen molar-refractivity contribution in [2.24, 2.45) is 0 Å². The van der Waals surface area contributed by atoms with Gasteiger partial charge in [-0.05, 0) is 19.9 Å². The summed E-state index contributed by atoms with van der Waals surface area (Å²) in [7, 11) is 1.65. The lowest BCUT2D eigenvalue weighted by Crippen LogP contribution is -2.07. The molecule has 0 unspecified atom stereocenters. The first-order chi connectivity index (χ1) is 12.5. The summed E-state index contributed by atoms with van der Waals surface area (Å²) in [5, 5.41) is 0.928. The van der Waals surface area contributed by atoms with Crippen molar-refractivity contribution in [2.45, 2.75) is 20.4 Å². The Labute approximate surface area is 156 Å². The highest BCUT2D eigenvalue weighted by Gasteiger charge is 2.17. The molecule has 6 nitrogen and oxygen atoms in total. The van der Waals surface area contributed by atoms with E-state index in [1.165, 1.54) is 6.08 Å². The zero-order chi connectivity index (χ0) is 18.8. The van der Waals surface area contributed by atoms with Crippen LogP contribution in [0.25, 0.3) is 11.0 Å². The van der Waals surface area contributed by atoms with Crippen LogP contribution >= 0.6 is 11.6 Å². The minimum absolute atomic E-state index is 0.108. The monoisotopic (exact) mass is 367 g/mol. The summed E-state index contributed by atoms with van der Waals surface area (Å²) in [6.45, 7) is 8.03. The first kappa shape index (κ1) is 17.8. The number of allylic oxidation sites excluding steroid dienone is 1. The van der Waals surface area contributed by atoms with Gasteiger partial charge in [-0.1, -0.05) is 30.0 Å². The number of ether oxygens (including phenoxy) is 1. The first-order valence-electron chi connectivity index (χ1n) is 7.89. The summed E-state index contributed by atoms with van der Waals surface area (Å²) in [4.78, 5) is 12.9. The average molecular weight is 368 g/mol. The fourth-order valence-corrected chi connectivity index (χ4v) is 3.17. The number of halogens is 1. The van der Waals surface area contributed by atoms with Crippen molar-refractivity contribution in [1.29, 1.82) is 0 Å². The number of aryl methyl sites for hydroxylation is 1. The van der Waals surface area contributed by atoms with E-state index in [0.717, 1.165) is 22.6 Å². The molecule has 0 atom stereocenters. The zero-order valence-electron chi connectivity index (χ0n) is 14.8.